The van der Waals surface area contributed by atoms with E-state index in [0.29, 0.717) is 6.61 Å². The lowest BCUT2D eigenvalue weighted by Crippen LogP contribution is -2.05. The summed E-state index contributed by atoms with van der Waals surface area (Å²) in [4.78, 5) is 4.82. The monoisotopic (exact) mass is 340 g/mol. The third-order valence-corrected chi connectivity index (χ3v) is 4.92. The Morgan fingerprint density at radius 2 is 1.72 bits per heavy atom. The fourth-order valence-electron chi connectivity index (χ4n) is 3.22. The first-order valence-corrected chi connectivity index (χ1v) is 8.77. The summed E-state index contributed by atoms with van der Waals surface area (Å²) in [6, 6.07) is 6.45. The van der Waals surface area contributed by atoms with Crippen LogP contribution in [-0.2, 0) is 13.2 Å². The Hall–Kier alpha value is -2.36. The largest absolute Gasteiger partial charge is 0.486 e. The summed E-state index contributed by atoms with van der Waals surface area (Å²) in [6.07, 6.45) is 1.05. The zero-order valence-electron chi connectivity index (χ0n) is 15.6. The molecule has 0 atom stereocenters. The molecular weight excluding hydrogens is 315 g/mol. The van der Waals surface area contributed by atoms with Crippen molar-refractivity contribution < 1.29 is 9.13 Å². The highest BCUT2D eigenvalue weighted by Gasteiger charge is 2.20. The minimum Gasteiger partial charge on any atom is -0.486 e. The zero-order chi connectivity index (χ0) is 18.1. The van der Waals surface area contributed by atoms with Crippen LogP contribution in [0.4, 0.5) is 4.39 Å². The summed E-state index contributed by atoms with van der Waals surface area (Å²) >= 11 is 0. The highest BCUT2D eigenvalue weighted by atomic mass is 19.1. The molecule has 0 amide bonds. The Balaban J connectivity index is 2.10. The van der Waals surface area contributed by atoms with E-state index in [1.807, 2.05) is 6.92 Å². The van der Waals surface area contributed by atoms with Gasteiger partial charge in [0.15, 0.2) is 0 Å². The van der Waals surface area contributed by atoms with Crippen molar-refractivity contribution in [2.45, 2.75) is 54.2 Å². The topological polar surface area (TPSA) is 27.1 Å². The van der Waals surface area contributed by atoms with E-state index in [0.717, 1.165) is 46.6 Å². The number of rotatable bonds is 5. The summed E-state index contributed by atoms with van der Waals surface area (Å²) in [6.45, 7) is 11.9. The zero-order valence-corrected chi connectivity index (χ0v) is 15.6. The van der Waals surface area contributed by atoms with E-state index in [1.54, 1.807) is 12.1 Å². The van der Waals surface area contributed by atoms with E-state index in [2.05, 4.69) is 32.3 Å². The molecule has 132 valence electrons. The van der Waals surface area contributed by atoms with Gasteiger partial charge in [-0.3, -0.25) is 4.98 Å². The Bertz CT molecular complexity index is 910. The molecule has 3 aromatic rings. The molecule has 0 unspecified atom stereocenters. The number of aryl methyl sites for hydroxylation is 3. The van der Waals surface area contributed by atoms with Crippen LogP contribution in [0, 0.1) is 33.5 Å². The fraction of sp³-hybridized carbons (Fsp3) is 0.381. The molecule has 2 heterocycles. The predicted molar refractivity (Wildman–Crippen MR) is 99.7 cm³/mol. The maximum absolute atomic E-state index is 13.1. The average Bonchev–Trinajstić information content (AvgIpc) is 2.82. The molecule has 3 nitrogen and oxygen atoms in total. The van der Waals surface area contributed by atoms with Gasteiger partial charge in [0.05, 0.1) is 5.52 Å². The second-order valence-electron chi connectivity index (χ2n) is 6.63. The van der Waals surface area contributed by atoms with Gasteiger partial charge >= 0.3 is 0 Å². The number of hydrogen-bond donors (Lipinski definition) is 0. The Labute approximate surface area is 148 Å². The quantitative estimate of drug-likeness (QED) is 0.622. The van der Waals surface area contributed by atoms with Crippen molar-refractivity contribution in [3.8, 4) is 5.75 Å². The van der Waals surface area contributed by atoms with Crippen LogP contribution >= 0.6 is 0 Å². The van der Waals surface area contributed by atoms with Gasteiger partial charge in [0.2, 0.25) is 0 Å². The van der Waals surface area contributed by atoms with Gasteiger partial charge in [-0.25, -0.2) is 4.39 Å². The molecule has 4 heteroatoms. The van der Waals surface area contributed by atoms with E-state index in [4.69, 9.17) is 9.72 Å². The molecule has 0 bridgehead atoms. The number of aromatic nitrogens is 2. The van der Waals surface area contributed by atoms with Crippen molar-refractivity contribution in [3.05, 3.63) is 58.2 Å². The van der Waals surface area contributed by atoms with Crippen molar-refractivity contribution in [3.63, 3.8) is 0 Å². The maximum Gasteiger partial charge on any atom is 0.150 e. The first-order valence-electron chi connectivity index (χ1n) is 8.77. The molecule has 0 aliphatic carbocycles. The van der Waals surface area contributed by atoms with Gasteiger partial charge in [-0.15, -0.1) is 0 Å². The summed E-state index contributed by atoms with van der Waals surface area (Å²) in [7, 11) is 0. The Morgan fingerprint density at radius 3 is 2.36 bits per heavy atom. The first-order chi connectivity index (χ1) is 11.9. The molecule has 3 rings (SSSR count). The van der Waals surface area contributed by atoms with E-state index in [-0.39, 0.29) is 5.82 Å². The number of benzene rings is 1. The smallest absolute Gasteiger partial charge is 0.150 e. The molecule has 0 saturated heterocycles. The lowest BCUT2D eigenvalue weighted by atomic mass is 10.1. The van der Waals surface area contributed by atoms with Gasteiger partial charge < -0.3 is 9.30 Å². The first kappa shape index (κ1) is 17.5. The molecular formula is C21H25FN2O. The number of hydrogen-bond acceptors (Lipinski definition) is 2. The molecule has 0 N–H and O–H groups in total. The van der Waals surface area contributed by atoms with Crippen LogP contribution in [0.15, 0.2) is 24.3 Å². The Morgan fingerprint density at radius 1 is 1.04 bits per heavy atom. The molecule has 0 radical (unpaired) electrons. The average molecular weight is 340 g/mol. The van der Waals surface area contributed by atoms with Crippen molar-refractivity contribution in [2.75, 3.05) is 0 Å². The predicted octanol–water partition coefficient (Wildman–Crippen LogP) is 5.40. The van der Waals surface area contributed by atoms with E-state index in [9.17, 15) is 4.39 Å². The molecule has 0 saturated carbocycles. The maximum atomic E-state index is 13.1. The molecule has 1 aromatic carbocycles. The number of fused-ring (bicyclic) bond motifs is 1. The van der Waals surface area contributed by atoms with Crippen LogP contribution in [0.1, 0.15) is 41.4 Å². The minimum absolute atomic E-state index is 0.231. The van der Waals surface area contributed by atoms with Crippen molar-refractivity contribution in [2.24, 2.45) is 0 Å². The minimum atomic E-state index is -0.231. The van der Waals surface area contributed by atoms with E-state index >= 15 is 0 Å². The van der Waals surface area contributed by atoms with Crippen molar-refractivity contribution >= 4 is 11.0 Å². The molecule has 25 heavy (non-hydrogen) atoms. The second kappa shape index (κ2) is 6.87. The third kappa shape index (κ3) is 3.13. The van der Waals surface area contributed by atoms with Crippen molar-refractivity contribution in [1.29, 1.82) is 0 Å². The van der Waals surface area contributed by atoms with Gasteiger partial charge in [-0.1, -0.05) is 19.1 Å². The number of halogens is 1. The summed E-state index contributed by atoms with van der Waals surface area (Å²) in [5, 5.41) is 0. The van der Waals surface area contributed by atoms with Gasteiger partial charge in [0, 0.05) is 23.5 Å². The number of ether oxygens (including phenoxy) is 1. The third-order valence-electron chi connectivity index (χ3n) is 4.92. The number of pyridine rings is 1. The van der Waals surface area contributed by atoms with E-state index < -0.39 is 0 Å². The van der Waals surface area contributed by atoms with Gasteiger partial charge in [-0.2, -0.15) is 0 Å². The van der Waals surface area contributed by atoms with Crippen LogP contribution in [-0.4, -0.2) is 9.55 Å². The SMILES string of the molecule is CCCn1c(C)c(C)c2nc(C)c(C)c(OCc3ccc(F)cc3)c21. The van der Waals surface area contributed by atoms with Crippen LogP contribution in [0.2, 0.25) is 0 Å². The Kier molecular flexibility index (Phi) is 4.80. The number of nitrogens with zero attached hydrogens (tertiary/aromatic N) is 2. The highest BCUT2D eigenvalue weighted by Crippen LogP contribution is 2.35. The van der Waals surface area contributed by atoms with Gasteiger partial charge in [0.25, 0.3) is 0 Å². The fourth-order valence-corrected chi connectivity index (χ4v) is 3.22. The highest BCUT2D eigenvalue weighted by molar-refractivity contribution is 5.88. The van der Waals surface area contributed by atoms with Gasteiger partial charge in [-0.05, 0) is 57.4 Å². The summed E-state index contributed by atoms with van der Waals surface area (Å²) < 4.78 is 21.6. The van der Waals surface area contributed by atoms with Crippen LogP contribution in [0.25, 0.3) is 11.0 Å². The van der Waals surface area contributed by atoms with Gasteiger partial charge in [0.1, 0.15) is 23.7 Å². The standard InChI is InChI=1S/C21H25FN2O/c1-6-11-24-16(5)14(3)19-20(24)21(13(2)15(4)23-19)25-12-17-7-9-18(22)10-8-17/h7-10H,6,11-12H2,1-5H3. The summed E-state index contributed by atoms with van der Waals surface area (Å²) in [5.41, 5.74) is 7.53. The molecule has 0 aliphatic rings. The molecule has 0 spiro atoms. The molecule has 0 aliphatic heterocycles. The normalized spacial score (nSPS) is 11.3. The lowest BCUT2D eigenvalue weighted by Gasteiger charge is -2.15. The molecule has 2 aromatic heterocycles. The molecule has 0 fully saturated rings. The van der Waals surface area contributed by atoms with E-state index in [1.165, 1.54) is 23.4 Å². The lowest BCUT2D eigenvalue weighted by molar-refractivity contribution is 0.305. The van der Waals surface area contributed by atoms with Crippen LogP contribution in [0.5, 0.6) is 5.75 Å². The summed E-state index contributed by atoms with van der Waals surface area (Å²) in [5.74, 6) is 0.654. The van der Waals surface area contributed by atoms with Crippen LogP contribution < -0.4 is 4.74 Å². The van der Waals surface area contributed by atoms with Crippen molar-refractivity contribution in [1.82, 2.24) is 9.55 Å². The second-order valence-corrected chi connectivity index (χ2v) is 6.63. The van der Waals surface area contributed by atoms with Crippen LogP contribution in [0.3, 0.4) is 0 Å².